The molecule has 0 radical (unpaired) electrons. The lowest BCUT2D eigenvalue weighted by molar-refractivity contribution is 0.101. The quantitative estimate of drug-likeness (QED) is 0.763. The molecule has 0 aliphatic rings. The zero-order valence-electron chi connectivity index (χ0n) is 12.4. The summed E-state index contributed by atoms with van der Waals surface area (Å²) in [7, 11) is 3.03. The fraction of sp³-hybridized carbons (Fsp3) is 0.235. The van der Waals surface area contributed by atoms with Crippen molar-refractivity contribution in [3.8, 4) is 17.2 Å². The highest BCUT2D eigenvalue weighted by molar-refractivity contribution is 6.00. The number of hydrogen-bond donors (Lipinski definition) is 0. The maximum Gasteiger partial charge on any atom is 0.167 e. The fourth-order valence-corrected chi connectivity index (χ4v) is 2.06. The topological polar surface area (TPSA) is 44.8 Å². The Morgan fingerprint density at radius 2 is 1.57 bits per heavy atom. The Labute approximate surface area is 124 Å². The van der Waals surface area contributed by atoms with Gasteiger partial charge in [-0.1, -0.05) is 30.3 Å². The highest BCUT2D eigenvalue weighted by Gasteiger charge is 2.17. The van der Waals surface area contributed by atoms with Crippen LogP contribution in [0.3, 0.4) is 0 Å². The van der Waals surface area contributed by atoms with Crippen molar-refractivity contribution in [1.29, 1.82) is 0 Å². The number of ketones is 1. The normalized spacial score (nSPS) is 10.0. The first kappa shape index (κ1) is 14.9. The minimum atomic E-state index is -0.113. The molecule has 2 aromatic rings. The molecule has 0 spiro atoms. The Kier molecular flexibility index (Phi) is 4.82. The summed E-state index contributed by atoms with van der Waals surface area (Å²) in [4.78, 5) is 11.7. The third-order valence-electron chi connectivity index (χ3n) is 3.08. The maximum absolute atomic E-state index is 11.7. The Morgan fingerprint density at radius 3 is 2.05 bits per heavy atom. The summed E-state index contributed by atoms with van der Waals surface area (Å²) < 4.78 is 16.3. The molecule has 21 heavy (non-hydrogen) atoms. The number of methoxy groups -OCH3 is 2. The molecular formula is C17H18O4. The van der Waals surface area contributed by atoms with Gasteiger partial charge in [0.25, 0.3) is 0 Å². The SMILES string of the molecule is COc1cc(OCc2ccccc2)cc(OC)c1C(C)=O. The highest BCUT2D eigenvalue weighted by Crippen LogP contribution is 2.34. The standard InChI is InChI=1S/C17H18O4/c1-12(18)17-15(19-2)9-14(10-16(17)20-3)21-11-13-7-5-4-6-8-13/h4-10H,11H2,1-3H3. The molecule has 110 valence electrons. The Bertz CT molecular complexity index is 595. The smallest absolute Gasteiger partial charge is 0.167 e. The van der Waals surface area contributed by atoms with E-state index < -0.39 is 0 Å². The maximum atomic E-state index is 11.7. The Morgan fingerprint density at radius 1 is 1.00 bits per heavy atom. The van der Waals surface area contributed by atoms with Crippen LogP contribution in [-0.2, 0) is 6.61 Å². The molecule has 0 atom stereocenters. The second kappa shape index (κ2) is 6.79. The van der Waals surface area contributed by atoms with Gasteiger partial charge in [-0.05, 0) is 12.5 Å². The molecule has 2 rings (SSSR count). The summed E-state index contributed by atoms with van der Waals surface area (Å²) in [6.07, 6.45) is 0. The molecule has 0 amide bonds. The third-order valence-corrected chi connectivity index (χ3v) is 3.08. The number of ether oxygens (including phenoxy) is 3. The van der Waals surface area contributed by atoms with E-state index in [2.05, 4.69) is 0 Å². The van der Waals surface area contributed by atoms with E-state index in [0.29, 0.717) is 29.4 Å². The fourth-order valence-electron chi connectivity index (χ4n) is 2.06. The van der Waals surface area contributed by atoms with Gasteiger partial charge in [0.05, 0.1) is 14.2 Å². The van der Waals surface area contributed by atoms with Gasteiger partial charge in [0, 0.05) is 12.1 Å². The van der Waals surface area contributed by atoms with E-state index >= 15 is 0 Å². The lowest BCUT2D eigenvalue weighted by Crippen LogP contribution is -2.03. The van der Waals surface area contributed by atoms with Crippen molar-refractivity contribution in [3.05, 3.63) is 53.6 Å². The van der Waals surface area contributed by atoms with Crippen LogP contribution in [-0.4, -0.2) is 20.0 Å². The number of hydrogen-bond acceptors (Lipinski definition) is 4. The first-order valence-corrected chi connectivity index (χ1v) is 6.59. The molecule has 0 unspecified atom stereocenters. The number of benzene rings is 2. The molecule has 0 aliphatic heterocycles. The van der Waals surface area contributed by atoms with Gasteiger partial charge in [0.15, 0.2) is 5.78 Å². The van der Waals surface area contributed by atoms with Gasteiger partial charge in [-0.3, -0.25) is 4.79 Å². The van der Waals surface area contributed by atoms with Crippen LogP contribution in [0.2, 0.25) is 0 Å². The largest absolute Gasteiger partial charge is 0.496 e. The van der Waals surface area contributed by atoms with E-state index in [4.69, 9.17) is 14.2 Å². The van der Waals surface area contributed by atoms with E-state index in [1.807, 2.05) is 30.3 Å². The van der Waals surface area contributed by atoms with Crippen LogP contribution < -0.4 is 14.2 Å². The summed E-state index contributed by atoms with van der Waals surface area (Å²) >= 11 is 0. The van der Waals surface area contributed by atoms with E-state index in [1.165, 1.54) is 21.1 Å². The molecule has 0 heterocycles. The average molecular weight is 286 g/mol. The second-order valence-electron chi connectivity index (χ2n) is 4.53. The number of rotatable bonds is 6. The Hall–Kier alpha value is -2.49. The number of carbonyl (C=O) groups excluding carboxylic acids is 1. The lowest BCUT2D eigenvalue weighted by Gasteiger charge is -2.14. The predicted octanol–water partition coefficient (Wildman–Crippen LogP) is 3.49. The van der Waals surface area contributed by atoms with Gasteiger partial charge < -0.3 is 14.2 Å². The van der Waals surface area contributed by atoms with Crippen LogP contribution in [0.4, 0.5) is 0 Å². The first-order chi connectivity index (χ1) is 10.2. The molecule has 0 saturated carbocycles. The van der Waals surface area contributed by atoms with Crippen LogP contribution in [0.15, 0.2) is 42.5 Å². The van der Waals surface area contributed by atoms with E-state index in [-0.39, 0.29) is 5.78 Å². The zero-order chi connectivity index (χ0) is 15.2. The molecule has 0 fully saturated rings. The van der Waals surface area contributed by atoms with Crippen molar-refractivity contribution in [2.75, 3.05) is 14.2 Å². The minimum absolute atomic E-state index is 0.113. The van der Waals surface area contributed by atoms with Gasteiger partial charge in [-0.15, -0.1) is 0 Å². The second-order valence-corrected chi connectivity index (χ2v) is 4.53. The molecule has 0 aromatic heterocycles. The van der Waals surface area contributed by atoms with Crippen molar-refractivity contribution in [1.82, 2.24) is 0 Å². The van der Waals surface area contributed by atoms with Crippen molar-refractivity contribution < 1.29 is 19.0 Å². The third kappa shape index (κ3) is 3.54. The van der Waals surface area contributed by atoms with Gasteiger partial charge >= 0.3 is 0 Å². The summed E-state index contributed by atoms with van der Waals surface area (Å²) in [5, 5.41) is 0. The number of carbonyl (C=O) groups is 1. The molecule has 2 aromatic carbocycles. The summed E-state index contributed by atoms with van der Waals surface area (Å²) in [5.41, 5.74) is 1.48. The van der Waals surface area contributed by atoms with Crippen LogP contribution in [0, 0.1) is 0 Å². The van der Waals surface area contributed by atoms with Crippen LogP contribution in [0.5, 0.6) is 17.2 Å². The molecule has 4 nitrogen and oxygen atoms in total. The van der Waals surface area contributed by atoms with Crippen molar-refractivity contribution in [2.45, 2.75) is 13.5 Å². The molecule has 0 saturated heterocycles. The Balaban J connectivity index is 2.26. The van der Waals surface area contributed by atoms with Crippen LogP contribution in [0.1, 0.15) is 22.8 Å². The molecule has 0 bridgehead atoms. The van der Waals surface area contributed by atoms with E-state index in [9.17, 15) is 4.79 Å². The van der Waals surface area contributed by atoms with Gasteiger partial charge in [-0.2, -0.15) is 0 Å². The molecule has 0 aliphatic carbocycles. The molecule has 4 heteroatoms. The minimum Gasteiger partial charge on any atom is -0.496 e. The lowest BCUT2D eigenvalue weighted by atomic mass is 10.1. The van der Waals surface area contributed by atoms with E-state index in [0.717, 1.165) is 5.56 Å². The van der Waals surface area contributed by atoms with Crippen molar-refractivity contribution >= 4 is 5.78 Å². The van der Waals surface area contributed by atoms with Crippen molar-refractivity contribution in [2.24, 2.45) is 0 Å². The van der Waals surface area contributed by atoms with Crippen LogP contribution >= 0.6 is 0 Å². The van der Waals surface area contributed by atoms with Gasteiger partial charge in [0.1, 0.15) is 29.4 Å². The van der Waals surface area contributed by atoms with E-state index in [1.54, 1.807) is 12.1 Å². The summed E-state index contributed by atoms with van der Waals surface area (Å²) in [6.45, 7) is 1.91. The molecule has 0 N–H and O–H groups in total. The first-order valence-electron chi connectivity index (χ1n) is 6.59. The van der Waals surface area contributed by atoms with Crippen molar-refractivity contribution in [3.63, 3.8) is 0 Å². The number of Topliss-reactive ketones (excluding diaryl/α,β-unsaturated/α-hetero) is 1. The predicted molar refractivity (Wildman–Crippen MR) is 80.3 cm³/mol. The zero-order valence-corrected chi connectivity index (χ0v) is 12.4. The average Bonchev–Trinajstić information content (AvgIpc) is 2.52. The molecular weight excluding hydrogens is 268 g/mol. The van der Waals surface area contributed by atoms with Crippen LogP contribution in [0.25, 0.3) is 0 Å². The van der Waals surface area contributed by atoms with Gasteiger partial charge in [-0.25, -0.2) is 0 Å². The summed E-state index contributed by atoms with van der Waals surface area (Å²) in [5.74, 6) is 1.38. The summed E-state index contributed by atoms with van der Waals surface area (Å²) in [6, 6.07) is 13.2. The van der Waals surface area contributed by atoms with Gasteiger partial charge in [0.2, 0.25) is 0 Å². The highest BCUT2D eigenvalue weighted by atomic mass is 16.5. The monoisotopic (exact) mass is 286 g/mol.